The van der Waals surface area contributed by atoms with Gasteiger partial charge in [-0.3, -0.25) is 14.3 Å². The van der Waals surface area contributed by atoms with Crippen molar-refractivity contribution >= 4 is 31.9 Å². The molecule has 0 saturated carbocycles. The molecular weight excluding hydrogens is 344 g/mol. The van der Waals surface area contributed by atoms with Gasteiger partial charge in [0.25, 0.3) is 5.56 Å². The smallest absolute Gasteiger partial charge is 0.330 e. The lowest BCUT2D eigenvalue weighted by atomic mass is 10.2. The minimum Gasteiger partial charge on any atom is -0.354 e. The summed E-state index contributed by atoms with van der Waals surface area (Å²) < 4.78 is 7.39. The van der Waals surface area contributed by atoms with E-state index in [1.807, 2.05) is 0 Å². The van der Waals surface area contributed by atoms with Crippen molar-refractivity contribution < 1.29 is 4.74 Å². The fraction of sp³-hybridized carbons (Fsp3) is 0.556. The van der Waals surface area contributed by atoms with E-state index < -0.39 is 11.2 Å². The van der Waals surface area contributed by atoms with Crippen LogP contribution in [0.3, 0.4) is 0 Å². The second-order valence-corrected chi connectivity index (χ2v) is 5.09. The molecule has 16 heavy (non-hydrogen) atoms. The van der Waals surface area contributed by atoms with E-state index in [9.17, 15) is 9.59 Å². The van der Waals surface area contributed by atoms with Crippen LogP contribution in [0.4, 0.5) is 0 Å². The van der Waals surface area contributed by atoms with Crippen LogP contribution in [-0.4, -0.2) is 21.0 Å². The van der Waals surface area contributed by atoms with Gasteiger partial charge in [0.05, 0.1) is 10.6 Å². The van der Waals surface area contributed by atoms with Crippen molar-refractivity contribution in [2.24, 2.45) is 0 Å². The van der Waals surface area contributed by atoms with Crippen molar-refractivity contribution in [2.75, 3.05) is 5.33 Å². The SMILES string of the molecule is O=c1[nH]c(=O)n([C@H]2CC[C@@H](CBr)O2)cc1Br. The zero-order chi connectivity index (χ0) is 11.7. The van der Waals surface area contributed by atoms with E-state index in [0.29, 0.717) is 4.47 Å². The molecule has 2 atom stereocenters. The molecule has 1 aromatic heterocycles. The van der Waals surface area contributed by atoms with Gasteiger partial charge < -0.3 is 4.74 Å². The highest BCUT2D eigenvalue weighted by Gasteiger charge is 2.26. The van der Waals surface area contributed by atoms with E-state index in [-0.39, 0.29) is 12.3 Å². The van der Waals surface area contributed by atoms with Crippen molar-refractivity contribution in [3.8, 4) is 0 Å². The predicted molar refractivity (Wildman–Crippen MR) is 66.0 cm³/mol. The van der Waals surface area contributed by atoms with Gasteiger partial charge in [-0.15, -0.1) is 0 Å². The quantitative estimate of drug-likeness (QED) is 0.817. The molecule has 2 heterocycles. The standard InChI is InChI=1S/C9H10Br2N2O3/c10-3-5-1-2-7(16-5)13-4-6(11)8(14)12-9(13)15/h4-5,7H,1-3H2,(H,12,14,15)/t5-,7+/m0/s1. The van der Waals surface area contributed by atoms with E-state index in [0.717, 1.165) is 18.2 Å². The molecule has 0 unspecified atom stereocenters. The molecule has 0 aromatic carbocycles. The maximum Gasteiger partial charge on any atom is 0.330 e. The van der Waals surface area contributed by atoms with Crippen LogP contribution in [0.15, 0.2) is 20.3 Å². The number of H-pyrrole nitrogens is 1. The topological polar surface area (TPSA) is 64.1 Å². The van der Waals surface area contributed by atoms with Gasteiger partial charge in [0.1, 0.15) is 6.23 Å². The molecule has 0 aliphatic carbocycles. The minimum absolute atomic E-state index is 0.127. The third-order valence-corrected chi connectivity index (χ3v) is 3.78. The number of alkyl halides is 1. The Kier molecular flexibility index (Phi) is 3.66. The van der Waals surface area contributed by atoms with Crippen LogP contribution in [-0.2, 0) is 4.74 Å². The molecule has 5 nitrogen and oxygen atoms in total. The van der Waals surface area contributed by atoms with Crippen LogP contribution in [0.25, 0.3) is 0 Å². The van der Waals surface area contributed by atoms with Crippen molar-refractivity contribution in [2.45, 2.75) is 25.2 Å². The second kappa shape index (κ2) is 4.85. The van der Waals surface area contributed by atoms with Crippen molar-refractivity contribution in [3.63, 3.8) is 0 Å². The summed E-state index contributed by atoms with van der Waals surface area (Å²) in [5.41, 5.74) is -0.857. The van der Waals surface area contributed by atoms with Gasteiger partial charge in [-0.25, -0.2) is 4.79 Å². The number of aromatic nitrogens is 2. The molecule has 2 rings (SSSR count). The number of rotatable bonds is 2. The Labute approximate surface area is 108 Å². The molecule has 0 radical (unpaired) electrons. The monoisotopic (exact) mass is 352 g/mol. The lowest BCUT2D eigenvalue weighted by Crippen LogP contribution is -2.32. The second-order valence-electron chi connectivity index (χ2n) is 3.59. The van der Waals surface area contributed by atoms with E-state index in [4.69, 9.17) is 4.74 Å². The lowest BCUT2D eigenvalue weighted by Gasteiger charge is -2.14. The van der Waals surface area contributed by atoms with Gasteiger partial charge in [0.2, 0.25) is 0 Å². The Morgan fingerprint density at radius 2 is 2.25 bits per heavy atom. The zero-order valence-electron chi connectivity index (χ0n) is 8.28. The van der Waals surface area contributed by atoms with Crippen LogP contribution in [0.5, 0.6) is 0 Å². The Morgan fingerprint density at radius 1 is 1.50 bits per heavy atom. The first-order chi connectivity index (χ1) is 7.61. The third kappa shape index (κ3) is 2.31. The summed E-state index contributed by atoms with van der Waals surface area (Å²) in [6.45, 7) is 0. The number of ether oxygens (including phenoxy) is 1. The predicted octanol–water partition coefficient (Wildman–Crippen LogP) is 1.37. The molecule has 1 aliphatic heterocycles. The highest BCUT2D eigenvalue weighted by Crippen LogP contribution is 2.28. The summed E-state index contributed by atoms with van der Waals surface area (Å²) >= 11 is 6.43. The molecule has 1 aromatic rings. The zero-order valence-corrected chi connectivity index (χ0v) is 11.5. The van der Waals surface area contributed by atoms with Crippen LogP contribution >= 0.6 is 31.9 Å². The molecule has 1 aliphatic rings. The Hall–Kier alpha value is -0.400. The summed E-state index contributed by atoms with van der Waals surface area (Å²) in [6, 6.07) is 0. The van der Waals surface area contributed by atoms with Gasteiger partial charge in [-0.2, -0.15) is 0 Å². The first-order valence-corrected chi connectivity index (χ1v) is 6.75. The molecule has 1 N–H and O–H groups in total. The molecule has 88 valence electrons. The van der Waals surface area contributed by atoms with Gasteiger partial charge in [0.15, 0.2) is 0 Å². The van der Waals surface area contributed by atoms with Gasteiger partial charge in [0, 0.05) is 11.5 Å². The summed E-state index contributed by atoms with van der Waals surface area (Å²) in [4.78, 5) is 25.0. The Bertz CT molecular complexity index is 496. The molecule has 0 bridgehead atoms. The van der Waals surface area contributed by atoms with Crippen molar-refractivity contribution in [1.29, 1.82) is 0 Å². The summed E-state index contributed by atoms with van der Waals surface area (Å²) in [6.07, 6.45) is 2.99. The summed E-state index contributed by atoms with van der Waals surface area (Å²) in [5, 5.41) is 0.753. The first kappa shape index (κ1) is 12.1. The Morgan fingerprint density at radius 3 is 2.88 bits per heavy atom. The number of hydrogen-bond acceptors (Lipinski definition) is 3. The van der Waals surface area contributed by atoms with Crippen molar-refractivity contribution in [1.82, 2.24) is 9.55 Å². The maximum atomic E-state index is 11.6. The number of nitrogens with zero attached hydrogens (tertiary/aromatic N) is 1. The highest BCUT2D eigenvalue weighted by molar-refractivity contribution is 9.10. The molecule has 0 spiro atoms. The molecule has 0 amide bonds. The van der Waals surface area contributed by atoms with Gasteiger partial charge in [-0.05, 0) is 28.8 Å². The van der Waals surface area contributed by atoms with E-state index >= 15 is 0 Å². The summed E-state index contributed by atoms with van der Waals surface area (Å²) in [5.74, 6) is 0. The summed E-state index contributed by atoms with van der Waals surface area (Å²) in [7, 11) is 0. The molecule has 1 saturated heterocycles. The minimum atomic E-state index is -0.437. The molecule has 1 fully saturated rings. The fourth-order valence-electron chi connectivity index (χ4n) is 1.68. The van der Waals surface area contributed by atoms with E-state index in [1.165, 1.54) is 10.8 Å². The van der Waals surface area contributed by atoms with Crippen LogP contribution in [0.2, 0.25) is 0 Å². The van der Waals surface area contributed by atoms with Crippen LogP contribution in [0, 0.1) is 0 Å². The third-order valence-electron chi connectivity index (χ3n) is 2.49. The molecule has 7 heteroatoms. The van der Waals surface area contributed by atoms with Crippen LogP contribution < -0.4 is 11.2 Å². The fourth-order valence-corrected chi connectivity index (χ4v) is 2.48. The number of hydrogen-bond donors (Lipinski definition) is 1. The Balaban J connectivity index is 2.32. The van der Waals surface area contributed by atoms with Gasteiger partial charge >= 0.3 is 5.69 Å². The number of halogens is 2. The normalized spacial score (nSPS) is 24.9. The first-order valence-electron chi connectivity index (χ1n) is 4.84. The highest BCUT2D eigenvalue weighted by atomic mass is 79.9. The number of aromatic amines is 1. The van der Waals surface area contributed by atoms with E-state index in [1.54, 1.807) is 0 Å². The lowest BCUT2D eigenvalue weighted by molar-refractivity contribution is 0.0104. The van der Waals surface area contributed by atoms with Gasteiger partial charge in [-0.1, -0.05) is 15.9 Å². The average Bonchev–Trinajstić information content (AvgIpc) is 2.71. The average molecular weight is 354 g/mol. The van der Waals surface area contributed by atoms with Crippen LogP contribution in [0.1, 0.15) is 19.1 Å². The number of nitrogens with one attached hydrogen (secondary N) is 1. The largest absolute Gasteiger partial charge is 0.354 e. The van der Waals surface area contributed by atoms with E-state index in [2.05, 4.69) is 36.8 Å². The maximum absolute atomic E-state index is 11.6. The van der Waals surface area contributed by atoms with Crippen molar-refractivity contribution in [3.05, 3.63) is 31.5 Å². The molecular formula is C9H10Br2N2O3.